The summed E-state index contributed by atoms with van der Waals surface area (Å²) < 4.78 is 10.1. The van der Waals surface area contributed by atoms with Crippen molar-refractivity contribution in [3.05, 3.63) is 29.8 Å². The molecule has 0 fully saturated rings. The van der Waals surface area contributed by atoms with E-state index in [1.165, 1.54) is 7.11 Å². The Balaban J connectivity index is 2.39. The van der Waals surface area contributed by atoms with Crippen molar-refractivity contribution < 1.29 is 14.3 Å². The summed E-state index contributed by atoms with van der Waals surface area (Å²) in [5, 5.41) is 9.17. The molecule has 0 aliphatic carbocycles. The molecule has 0 radical (unpaired) electrons. The Kier molecular flexibility index (Phi) is 11.7. The minimum Gasteiger partial charge on any atom is -0.453 e. The van der Waals surface area contributed by atoms with Gasteiger partial charge in [0.2, 0.25) is 0 Å². The fraction of sp³-hybridized carbons (Fsp3) is 0.579. The fourth-order valence-corrected chi connectivity index (χ4v) is 2.10. The lowest BCUT2D eigenvalue weighted by molar-refractivity contribution is 0.129. The second kappa shape index (κ2) is 13.9. The number of anilines is 1. The molecule has 26 heavy (non-hydrogen) atoms. The van der Waals surface area contributed by atoms with E-state index in [1.807, 2.05) is 31.2 Å². The average molecular weight is 364 g/mol. The third-order valence-electron chi connectivity index (χ3n) is 3.55. The Bertz CT molecular complexity index is 532. The zero-order chi connectivity index (χ0) is 19.0. The van der Waals surface area contributed by atoms with Gasteiger partial charge in [-0.2, -0.15) is 0 Å². The summed E-state index contributed by atoms with van der Waals surface area (Å²) in [6, 6.07) is 7.52. The topological polar surface area (TPSA) is 84.0 Å². The number of nitrogens with zero attached hydrogens (tertiary/aromatic N) is 1. The molecule has 0 saturated heterocycles. The Labute approximate surface area is 156 Å². The second-order valence-corrected chi connectivity index (χ2v) is 5.75. The van der Waals surface area contributed by atoms with Crippen LogP contribution >= 0.6 is 0 Å². The number of rotatable bonds is 11. The maximum atomic E-state index is 11.2. The van der Waals surface area contributed by atoms with Gasteiger partial charge in [-0.05, 0) is 37.5 Å². The summed E-state index contributed by atoms with van der Waals surface area (Å²) in [5.74, 6) is 0.790. The van der Waals surface area contributed by atoms with Gasteiger partial charge in [0.25, 0.3) is 0 Å². The van der Waals surface area contributed by atoms with E-state index in [0.717, 1.165) is 57.1 Å². The number of nitrogens with one attached hydrogen (secondary N) is 3. The van der Waals surface area contributed by atoms with Crippen LogP contribution in [0.1, 0.15) is 38.7 Å². The Hall–Kier alpha value is -2.28. The second-order valence-electron chi connectivity index (χ2n) is 5.75. The Morgan fingerprint density at radius 3 is 2.46 bits per heavy atom. The van der Waals surface area contributed by atoms with Crippen molar-refractivity contribution in [1.82, 2.24) is 10.6 Å². The molecule has 1 rings (SSSR count). The smallest absolute Gasteiger partial charge is 0.411 e. The van der Waals surface area contributed by atoms with Crippen molar-refractivity contribution in [1.29, 1.82) is 0 Å². The number of hydrogen-bond donors (Lipinski definition) is 3. The van der Waals surface area contributed by atoms with Gasteiger partial charge in [0.05, 0.1) is 13.7 Å². The number of hydrogen-bond acceptors (Lipinski definition) is 4. The van der Waals surface area contributed by atoms with Crippen LogP contribution in [0, 0.1) is 0 Å². The summed E-state index contributed by atoms with van der Waals surface area (Å²) in [7, 11) is 1.34. The maximum Gasteiger partial charge on any atom is 0.411 e. The molecule has 3 N–H and O–H groups in total. The number of methoxy groups -OCH3 is 1. The van der Waals surface area contributed by atoms with E-state index < -0.39 is 6.09 Å². The summed E-state index contributed by atoms with van der Waals surface area (Å²) in [4.78, 5) is 15.8. The molecule has 7 heteroatoms. The predicted octanol–water partition coefficient (Wildman–Crippen LogP) is 3.13. The number of ether oxygens (including phenoxy) is 2. The van der Waals surface area contributed by atoms with Crippen LogP contribution in [-0.2, 0) is 16.0 Å². The molecule has 0 atom stereocenters. The van der Waals surface area contributed by atoms with Gasteiger partial charge in [-0.25, -0.2) is 9.79 Å². The van der Waals surface area contributed by atoms with Crippen molar-refractivity contribution in [2.75, 3.05) is 38.7 Å². The summed E-state index contributed by atoms with van der Waals surface area (Å²) in [5.41, 5.74) is 1.75. The van der Waals surface area contributed by atoms with Crippen LogP contribution in [-0.4, -0.2) is 45.5 Å². The summed E-state index contributed by atoms with van der Waals surface area (Å²) >= 11 is 0. The van der Waals surface area contributed by atoms with Gasteiger partial charge in [0, 0.05) is 32.0 Å². The number of aliphatic imine (C=N–C) groups is 1. The van der Waals surface area contributed by atoms with Gasteiger partial charge < -0.3 is 20.1 Å². The molecule has 1 aromatic rings. The lowest BCUT2D eigenvalue weighted by Crippen LogP contribution is -2.38. The van der Waals surface area contributed by atoms with E-state index in [9.17, 15) is 4.79 Å². The molecule has 0 unspecified atom stereocenters. The third kappa shape index (κ3) is 9.88. The Morgan fingerprint density at radius 1 is 1.08 bits per heavy atom. The molecule has 0 bridgehead atoms. The van der Waals surface area contributed by atoms with E-state index in [4.69, 9.17) is 4.74 Å². The molecule has 0 heterocycles. The van der Waals surface area contributed by atoms with Crippen LogP contribution in [0.4, 0.5) is 10.5 Å². The van der Waals surface area contributed by atoms with E-state index >= 15 is 0 Å². The molecule has 0 aliphatic heterocycles. The van der Waals surface area contributed by atoms with Crippen molar-refractivity contribution in [3.63, 3.8) is 0 Å². The predicted molar refractivity (Wildman–Crippen MR) is 106 cm³/mol. The normalized spacial score (nSPS) is 11.1. The molecule has 146 valence electrons. The molecule has 7 nitrogen and oxygen atoms in total. The molecule has 1 amide bonds. The minimum absolute atomic E-state index is 0.479. The highest BCUT2D eigenvalue weighted by Crippen LogP contribution is 2.10. The van der Waals surface area contributed by atoms with Gasteiger partial charge in [-0.3, -0.25) is 5.32 Å². The third-order valence-corrected chi connectivity index (χ3v) is 3.55. The van der Waals surface area contributed by atoms with Crippen molar-refractivity contribution in [2.24, 2.45) is 4.99 Å². The van der Waals surface area contributed by atoms with E-state index in [2.05, 4.69) is 32.6 Å². The van der Waals surface area contributed by atoms with Crippen LogP contribution in [0.15, 0.2) is 29.3 Å². The van der Waals surface area contributed by atoms with E-state index in [1.54, 1.807) is 0 Å². The summed E-state index contributed by atoms with van der Waals surface area (Å²) in [6.07, 6.45) is 2.75. The number of benzene rings is 1. The highest BCUT2D eigenvalue weighted by atomic mass is 16.5. The fourth-order valence-electron chi connectivity index (χ4n) is 2.10. The van der Waals surface area contributed by atoms with Gasteiger partial charge >= 0.3 is 6.09 Å². The minimum atomic E-state index is -0.479. The number of unbranched alkanes of at least 4 members (excludes halogenated alkanes) is 1. The monoisotopic (exact) mass is 364 g/mol. The molecular weight excluding hydrogens is 332 g/mol. The number of guanidine groups is 1. The lowest BCUT2D eigenvalue weighted by atomic mass is 10.2. The van der Waals surface area contributed by atoms with Crippen molar-refractivity contribution in [2.45, 2.75) is 39.7 Å². The van der Waals surface area contributed by atoms with Gasteiger partial charge in [0.15, 0.2) is 5.96 Å². The van der Waals surface area contributed by atoms with Crippen molar-refractivity contribution >= 4 is 17.7 Å². The van der Waals surface area contributed by atoms with E-state index in [-0.39, 0.29) is 0 Å². The SMILES string of the molecule is CCCCOCCCNC(=NCc1ccc(NC(=O)OC)cc1)NCC. The quantitative estimate of drug-likeness (QED) is 0.319. The van der Waals surface area contributed by atoms with E-state index in [0.29, 0.717) is 12.2 Å². The first-order valence-corrected chi connectivity index (χ1v) is 9.23. The first kappa shape index (κ1) is 21.8. The maximum absolute atomic E-state index is 11.2. The number of amides is 1. The van der Waals surface area contributed by atoms with Crippen LogP contribution in [0.2, 0.25) is 0 Å². The molecule has 0 aliphatic rings. The van der Waals surface area contributed by atoms with Crippen LogP contribution in [0.25, 0.3) is 0 Å². The van der Waals surface area contributed by atoms with Crippen LogP contribution in [0.3, 0.4) is 0 Å². The van der Waals surface area contributed by atoms with Crippen LogP contribution < -0.4 is 16.0 Å². The molecule has 0 aromatic heterocycles. The largest absolute Gasteiger partial charge is 0.453 e. The lowest BCUT2D eigenvalue weighted by Gasteiger charge is -2.11. The average Bonchev–Trinajstić information content (AvgIpc) is 2.66. The van der Waals surface area contributed by atoms with Gasteiger partial charge in [-0.15, -0.1) is 0 Å². The van der Waals surface area contributed by atoms with Gasteiger partial charge in [-0.1, -0.05) is 25.5 Å². The highest BCUT2D eigenvalue weighted by Gasteiger charge is 2.01. The first-order valence-electron chi connectivity index (χ1n) is 9.23. The number of carbonyl (C=O) groups is 1. The highest BCUT2D eigenvalue weighted by molar-refractivity contribution is 5.84. The zero-order valence-corrected chi connectivity index (χ0v) is 16.1. The molecule has 0 spiro atoms. The molecule has 1 aromatic carbocycles. The van der Waals surface area contributed by atoms with Crippen LogP contribution in [0.5, 0.6) is 0 Å². The molecular formula is C19H32N4O3. The molecule has 0 saturated carbocycles. The summed E-state index contributed by atoms with van der Waals surface area (Å²) in [6.45, 7) is 7.99. The Morgan fingerprint density at radius 2 is 1.81 bits per heavy atom. The van der Waals surface area contributed by atoms with Crippen molar-refractivity contribution in [3.8, 4) is 0 Å². The number of carbonyl (C=O) groups excluding carboxylic acids is 1. The first-order chi connectivity index (χ1) is 12.7. The zero-order valence-electron chi connectivity index (χ0n) is 16.1. The van der Waals surface area contributed by atoms with Gasteiger partial charge in [0.1, 0.15) is 0 Å². The standard InChI is InChI=1S/C19H32N4O3/c1-4-6-13-26-14-7-12-21-18(20-5-2)22-15-16-8-10-17(11-9-16)23-19(24)25-3/h8-11H,4-7,12-15H2,1-3H3,(H,23,24)(H2,20,21,22).